The molecule has 0 saturated carbocycles. The number of hydroxylamine groups is 4. The van der Waals surface area contributed by atoms with Crippen LogP contribution in [0.25, 0.3) is 0 Å². The fourth-order valence-electron chi connectivity index (χ4n) is 1.15. The van der Waals surface area contributed by atoms with Crippen LogP contribution in [-0.4, -0.2) is 67.8 Å². The van der Waals surface area contributed by atoms with Crippen LogP contribution < -0.4 is 12.4 Å². The summed E-state index contributed by atoms with van der Waals surface area (Å²) in [5, 5.41) is 17.3. The van der Waals surface area contributed by atoms with Gasteiger partial charge in [-0.15, -0.1) is 0 Å². The minimum Gasteiger partial charge on any atom is -1.00 e. The van der Waals surface area contributed by atoms with E-state index < -0.39 is 0 Å². The Bertz CT molecular complexity index is 159. The molecule has 1 atom stereocenters. The van der Waals surface area contributed by atoms with Gasteiger partial charge in [0.25, 0.3) is 0 Å². The van der Waals surface area contributed by atoms with Gasteiger partial charge in [0.2, 0.25) is 0 Å². The third kappa shape index (κ3) is 6.26. The average molecular weight is 244 g/mol. The lowest BCUT2D eigenvalue weighted by Gasteiger charge is -2.27. The first-order valence-electron chi connectivity index (χ1n) is 4.68. The molecule has 0 spiro atoms. The number of aliphatic hydroxyl groups is 2. The highest BCUT2D eigenvalue weighted by Crippen LogP contribution is 2.16. The summed E-state index contributed by atoms with van der Waals surface area (Å²) in [6, 6.07) is 0. The van der Waals surface area contributed by atoms with Crippen molar-refractivity contribution < 1.29 is 41.8 Å². The van der Waals surface area contributed by atoms with Crippen LogP contribution in [0, 0.1) is 0 Å². The summed E-state index contributed by atoms with van der Waals surface area (Å²) < 4.78 is 5.06. The third-order valence-corrected chi connectivity index (χ3v) is 1.85. The zero-order valence-corrected chi connectivity index (χ0v) is 9.52. The standard InChI is InChI=1S/C8H18NO5.ClH/c1-9(13-4-2-10,14-5-3-11)6-8-7-12-8;/h8,10-11H,2-7H2,1H3;1H/q+1;/p-1. The molecule has 0 radical (unpaired) electrons. The van der Waals surface area contributed by atoms with E-state index >= 15 is 0 Å². The first-order chi connectivity index (χ1) is 6.70. The Balaban J connectivity index is 0.00000196. The van der Waals surface area contributed by atoms with Crippen LogP contribution in [0.4, 0.5) is 0 Å². The lowest BCUT2D eigenvalue weighted by atomic mass is 10.5. The van der Waals surface area contributed by atoms with Crippen LogP contribution in [0.2, 0.25) is 0 Å². The van der Waals surface area contributed by atoms with Gasteiger partial charge in [0, 0.05) is 0 Å². The van der Waals surface area contributed by atoms with Crippen LogP contribution in [-0.2, 0) is 14.4 Å². The molecule has 1 saturated heterocycles. The predicted molar refractivity (Wildman–Crippen MR) is 46.9 cm³/mol. The molecule has 6 nitrogen and oxygen atoms in total. The van der Waals surface area contributed by atoms with Gasteiger partial charge < -0.3 is 27.4 Å². The molecule has 0 aliphatic carbocycles. The number of hydrogen-bond donors (Lipinski definition) is 2. The van der Waals surface area contributed by atoms with Crippen LogP contribution >= 0.6 is 0 Å². The molecule has 92 valence electrons. The molecule has 2 N–H and O–H groups in total. The summed E-state index contributed by atoms with van der Waals surface area (Å²) in [6.07, 6.45) is 0.164. The SMILES string of the molecule is C[N+](CC1CO1)(OCCO)OCCO.[Cl-]. The minimum atomic E-state index is -0.0915. The molecule has 0 aromatic heterocycles. The van der Waals surface area contributed by atoms with Crippen LogP contribution in [0.15, 0.2) is 0 Å². The van der Waals surface area contributed by atoms with Crippen molar-refractivity contribution in [3.63, 3.8) is 0 Å². The smallest absolute Gasteiger partial charge is 0.170 e. The third-order valence-electron chi connectivity index (χ3n) is 1.85. The summed E-state index contributed by atoms with van der Waals surface area (Å²) in [7, 11) is 1.73. The van der Waals surface area contributed by atoms with Crippen molar-refractivity contribution in [1.29, 1.82) is 0 Å². The summed E-state index contributed by atoms with van der Waals surface area (Å²) in [4.78, 5) is 10.5. The predicted octanol–water partition coefficient (Wildman–Crippen LogP) is -4.32. The number of hydrogen-bond acceptors (Lipinski definition) is 5. The van der Waals surface area contributed by atoms with Gasteiger partial charge in [-0.05, 0) is 4.81 Å². The summed E-state index contributed by atoms with van der Waals surface area (Å²) in [5.41, 5.74) is 0. The van der Waals surface area contributed by atoms with E-state index in [1.165, 1.54) is 0 Å². The van der Waals surface area contributed by atoms with E-state index in [0.29, 0.717) is 6.54 Å². The van der Waals surface area contributed by atoms with Crippen molar-refractivity contribution in [2.75, 3.05) is 46.6 Å². The van der Waals surface area contributed by atoms with Crippen molar-refractivity contribution in [3.05, 3.63) is 0 Å². The van der Waals surface area contributed by atoms with Crippen molar-refractivity contribution in [1.82, 2.24) is 0 Å². The van der Waals surface area contributed by atoms with E-state index in [1.807, 2.05) is 0 Å². The molecule has 1 heterocycles. The van der Waals surface area contributed by atoms with E-state index in [4.69, 9.17) is 24.6 Å². The van der Waals surface area contributed by atoms with Gasteiger partial charge in [0.15, 0.2) is 6.54 Å². The molecule has 0 amide bonds. The minimum absolute atomic E-state index is 0. The quantitative estimate of drug-likeness (QED) is 0.256. The molecule has 1 aliphatic rings. The van der Waals surface area contributed by atoms with E-state index in [-0.39, 0.29) is 49.7 Å². The number of epoxide rings is 1. The highest BCUT2D eigenvalue weighted by molar-refractivity contribution is 4.66. The normalized spacial score (nSPS) is 19.8. The first kappa shape index (κ1) is 15.0. The number of quaternary nitrogens is 1. The Morgan fingerprint density at radius 3 is 2.07 bits per heavy atom. The van der Waals surface area contributed by atoms with E-state index in [0.717, 1.165) is 6.61 Å². The average Bonchev–Trinajstić information content (AvgIpc) is 2.96. The first-order valence-corrected chi connectivity index (χ1v) is 4.68. The fourth-order valence-corrected chi connectivity index (χ4v) is 1.15. The van der Waals surface area contributed by atoms with Crippen LogP contribution in [0.5, 0.6) is 0 Å². The number of halogens is 1. The Hall–Kier alpha value is 0.0500. The Labute approximate surface area is 95.2 Å². The van der Waals surface area contributed by atoms with Gasteiger partial charge in [0.1, 0.15) is 26.4 Å². The van der Waals surface area contributed by atoms with Crippen molar-refractivity contribution in [2.24, 2.45) is 0 Å². The maximum absolute atomic E-state index is 8.63. The van der Waals surface area contributed by atoms with Crippen molar-refractivity contribution >= 4 is 0 Å². The van der Waals surface area contributed by atoms with Crippen LogP contribution in [0.1, 0.15) is 0 Å². The fraction of sp³-hybridized carbons (Fsp3) is 1.00. The molecule has 0 aromatic carbocycles. The molecular formula is C8H18ClNO5. The number of likely N-dealkylation sites (N-methyl/N-ethyl adjacent to an activating group) is 1. The molecular weight excluding hydrogens is 226 g/mol. The second kappa shape index (κ2) is 7.34. The molecule has 7 heteroatoms. The number of rotatable bonds is 8. The zero-order chi connectivity index (χ0) is 10.4. The second-order valence-electron chi connectivity index (χ2n) is 3.27. The van der Waals surface area contributed by atoms with Gasteiger partial charge in [-0.1, -0.05) is 0 Å². The van der Waals surface area contributed by atoms with Gasteiger partial charge >= 0.3 is 0 Å². The Morgan fingerprint density at radius 2 is 1.73 bits per heavy atom. The number of nitrogens with zero attached hydrogens (tertiary/aromatic N) is 1. The molecule has 0 bridgehead atoms. The van der Waals surface area contributed by atoms with Gasteiger partial charge in [0.05, 0.1) is 19.8 Å². The van der Waals surface area contributed by atoms with Crippen molar-refractivity contribution in [2.45, 2.75) is 6.10 Å². The Kier molecular flexibility index (Phi) is 7.37. The number of ether oxygens (including phenoxy) is 1. The molecule has 1 unspecified atom stereocenters. The summed E-state index contributed by atoms with van der Waals surface area (Å²) in [6.45, 7) is 1.59. The number of aliphatic hydroxyl groups excluding tert-OH is 2. The van der Waals surface area contributed by atoms with E-state index in [9.17, 15) is 0 Å². The highest BCUT2D eigenvalue weighted by Gasteiger charge is 2.37. The largest absolute Gasteiger partial charge is 1.00 e. The van der Waals surface area contributed by atoms with E-state index in [2.05, 4.69) is 0 Å². The summed E-state index contributed by atoms with van der Waals surface area (Å²) >= 11 is 0. The van der Waals surface area contributed by atoms with Crippen molar-refractivity contribution in [3.8, 4) is 0 Å². The second-order valence-corrected chi connectivity index (χ2v) is 3.27. The molecule has 0 aromatic rings. The van der Waals surface area contributed by atoms with Crippen LogP contribution in [0.3, 0.4) is 0 Å². The molecule has 1 fully saturated rings. The van der Waals surface area contributed by atoms with E-state index in [1.54, 1.807) is 7.05 Å². The molecule has 15 heavy (non-hydrogen) atoms. The lowest BCUT2D eigenvalue weighted by molar-refractivity contribution is -1.23. The maximum Gasteiger partial charge on any atom is 0.170 e. The molecule has 1 rings (SSSR count). The van der Waals surface area contributed by atoms with Gasteiger partial charge in [-0.2, -0.15) is 9.68 Å². The highest BCUT2D eigenvalue weighted by atomic mass is 35.5. The van der Waals surface area contributed by atoms with Gasteiger partial charge in [-0.25, -0.2) is 0 Å². The molecule has 1 aliphatic heterocycles. The monoisotopic (exact) mass is 243 g/mol. The Morgan fingerprint density at radius 1 is 1.27 bits per heavy atom. The lowest BCUT2D eigenvalue weighted by Crippen LogP contribution is -3.00. The summed E-state index contributed by atoms with van der Waals surface area (Å²) in [5.74, 6) is 0. The topological polar surface area (TPSA) is 71.5 Å². The maximum atomic E-state index is 8.63. The van der Waals surface area contributed by atoms with Gasteiger partial charge in [-0.3, -0.25) is 0 Å². The zero-order valence-electron chi connectivity index (χ0n) is 8.76.